The monoisotopic (exact) mass is 234 g/mol. The van der Waals surface area contributed by atoms with Crippen LogP contribution in [0.1, 0.15) is 6.42 Å². The Morgan fingerprint density at radius 2 is 2.07 bits per heavy atom. The molecule has 0 rings (SSSR count). The summed E-state index contributed by atoms with van der Waals surface area (Å²) in [6.45, 7) is 3.42. The molecule has 1 N–H and O–H groups in total. The zero-order valence-corrected chi connectivity index (χ0v) is 8.12. The summed E-state index contributed by atoms with van der Waals surface area (Å²) in [6.07, 6.45) is 1.74. The predicted octanol–water partition coefficient (Wildman–Crippen LogP) is -0.773. The number of rotatable bonds is 8. The second-order valence-corrected chi connectivity index (χ2v) is 3.82. The van der Waals surface area contributed by atoms with Crippen LogP contribution in [-0.4, -0.2) is 68.8 Å². The van der Waals surface area contributed by atoms with Crippen molar-refractivity contribution in [3.05, 3.63) is 12.7 Å². The quantitative estimate of drug-likeness (QED) is 0.258. The number of ether oxygens (including phenoxy) is 1. The maximum atomic E-state index is 10.9. The van der Waals surface area contributed by atoms with E-state index in [1.165, 1.54) is 6.08 Å². The fraction of sp³-hybridized carbons (Fsp3) is 0.714. The molecule has 0 aliphatic carbocycles. The standard InChI is InChI=1S/C7H14O5S.Na.H/c1-2-5-11-7-13(9,10)12-6-3-4-8;;/h2,8H,1,3-7H2;;. The Balaban J connectivity index is 0. The second kappa shape index (κ2) is 10.1. The molecule has 0 aliphatic heterocycles. The van der Waals surface area contributed by atoms with Crippen LogP contribution in [0.3, 0.4) is 0 Å². The molecular weight excluding hydrogens is 219 g/mol. The van der Waals surface area contributed by atoms with Crippen molar-refractivity contribution in [2.24, 2.45) is 0 Å². The van der Waals surface area contributed by atoms with Crippen molar-refractivity contribution in [1.82, 2.24) is 0 Å². The van der Waals surface area contributed by atoms with E-state index >= 15 is 0 Å². The molecule has 0 saturated carbocycles. The van der Waals surface area contributed by atoms with Crippen molar-refractivity contribution < 1.29 is 22.4 Å². The van der Waals surface area contributed by atoms with Gasteiger partial charge >= 0.3 is 29.6 Å². The topological polar surface area (TPSA) is 72.8 Å². The Labute approximate surface area is 107 Å². The van der Waals surface area contributed by atoms with E-state index in [9.17, 15) is 8.42 Å². The molecule has 14 heavy (non-hydrogen) atoms. The van der Waals surface area contributed by atoms with Crippen LogP contribution >= 0.6 is 0 Å². The van der Waals surface area contributed by atoms with E-state index in [-0.39, 0.29) is 49.4 Å². The second-order valence-electron chi connectivity index (χ2n) is 2.23. The summed E-state index contributed by atoms with van der Waals surface area (Å²) in [5.41, 5.74) is 0. The Morgan fingerprint density at radius 1 is 1.43 bits per heavy atom. The third-order valence-corrected chi connectivity index (χ3v) is 2.01. The molecule has 0 bridgehead atoms. The van der Waals surface area contributed by atoms with Crippen LogP contribution in [0.4, 0.5) is 0 Å². The van der Waals surface area contributed by atoms with Gasteiger partial charge in [0.05, 0.1) is 13.2 Å². The number of aliphatic hydroxyl groups is 1. The van der Waals surface area contributed by atoms with E-state index in [0.717, 1.165) is 0 Å². The van der Waals surface area contributed by atoms with Crippen LogP contribution in [0.2, 0.25) is 0 Å². The van der Waals surface area contributed by atoms with Gasteiger partial charge in [0.1, 0.15) is 0 Å². The van der Waals surface area contributed by atoms with E-state index in [0.29, 0.717) is 6.42 Å². The van der Waals surface area contributed by atoms with E-state index in [1.54, 1.807) is 0 Å². The van der Waals surface area contributed by atoms with Gasteiger partial charge in [-0.25, -0.2) is 0 Å². The number of hydrogen-bond donors (Lipinski definition) is 1. The average Bonchev–Trinajstić information content (AvgIpc) is 2.05. The first kappa shape index (κ1) is 17.0. The minimum absolute atomic E-state index is 0. The van der Waals surface area contributed by atoms with Gasteiger partial charge in [0.2, 0.25) is 0 Å². The van der Waals surface area contributed by atoms with Crippen molar-refractivity contribution in [1.29, 1.82) is 0 Å². The van der Waals surface area contributed by atoms with Crippen LogP contribution in [0.25, 0.3) is 0 Å². The zero-order chi connectivity index (χ0) is 10.2. The Hall–Kier alpha value is 0.570. The normalized spacial score (nSPS) is 10.6. The molecule has 0 spiro atoms. The molecule has 0 unspecified atom stereocenters. The molecular formula is C7H15NaO5S. The summed E-state index contributed by atoms with van der Waals surface area (Å²) in [4.78, 5) is 0. The van der Waals surface area contributed by atoms with Gasteiger partial charge in [-0.15, -0.1) is 6.58 Å². The molecule has 0 aromatic heterocycles. The molecule has 0 saturated heterocycles. The zero-order valence-electron chi connectivity index (χ0n) is 7.31. The Morgan fingerprint density at radius 3 is 2.57 bits per heavy atom. The SMILES string of the molecule is C=CCOCS(=O)(=O)OCCCO.[NaH]. The fourth-order valence-corrected chi connectivity index (χ4v) is 1.26. The van der Waals surface area contributed by atoms with Gasteiger partial charge in [0.15, 0.2) is 5.94 Å². The van der Waals surface area contributed by atoms with Gasteiger partial charge < -0.3 is 9.84 Å². The molecule has 0 atom stereocenters. The van der Waals surface area contributed by atoms with Crippen LogP contribution in [-0.2, 0) is 19.0 Å². The van der Waals surface area contributed by atoms with Crippen molar-refractivity contribution in [3.63, 3.8) is 0 Å². The van der Waals surface area contributed by atoms with E-state index in [2.05, 4.69) is 15.5 Å². The molecule has 0 heterocycles. The first-order valence-electron chi connectivity index (χ1n) is 3.79. The van der Waals surface area contributed by atoms with Crippen molar-refractivity contribution in [2.45, 2.75) is 6.42 Å². The molecule has 0 aliphatic rings. The van der Waals surface area contributed by atoms with E-state index in [4.69, 9.17) is 5.11 Å². The first-order chi connectivity index (χ1) is 6.12. The summed E-state index contributed by atoms with van der Waals surface area (Å²) >= 11 is 0. The van der Waals surface area contributed by atoms with Crippen molar-refractivity contribution in [2.75, 3.05) is 25.8 Å². The van der Waals surface area contributed by atoms with E-state index < -0.39 is 16.1 Å². The molecule has 80 valence electrons. The molecule has 0 aromatic carbocycles. The van der Waals surface area contributed by atoms with Crippen LogP contribution < -0.4 is 0 Å². The molecule has 0 amide bonds. The van der Waals surface area contributed by atoms with Gasteiger partial charge in [-0.3, -0.25) is 4.18 Å². The summed E-state index contributed by atoms with van der Waals surface area (Å²) in [5, 5.41) is 8.36. The first-order valence-corrected chi connectivity index (χ1v) is 5.36. The third-order valence-electron chi connectivity index (χ3n) is 1.03. The Bertz CT molecular complexity index is 226. The molecule has 0 fully saturated rings. The van der Waals surface area contributed by atoms with Crippen molar-refractivity contribution in [3.8, 4) is 0 Å². The molecule has 5 nitrogen and oxygen atoms in total. The fourth-order valence-electron chi connectivity index (χ4n) is 0.518. The number of hydrogen-bond acceptors (Lipinski definition) is 5. The summed E-state index contributed by atoms with van der Waals surface area (Å²) in [5.74, 6) is -0.482. The molecule has 0 radical (unpaired) electrons. The Kier molecular flexibility index (Phi) is 12.3. The molecule has 7 heteroatoms. The summed E-state index contributed by atoms with van der Waals surface area (Å²) in [7, 11) is -3.61. The van der Waals surface area contributed by atoms with Crippen molar-refractivity contribution >= 4 is 39.7 Å². The van der Waals surface area contributed by atoms with Gasteiger partial charge in [-0.2, -0.15) is 8.42 Å². The predicted molar refractivity (Wildman–Crippen MR) is 54.7 cm³/mol. The number of aliphatic hydroxyl groups excluding tert-OH is 1. The maximum absolute atomic E-state index is 10.9. The van der Waals surface area contributed by atoms with Crippen LogP contribution in [0.15, 0.2) is 12.7 Å². The van der Waals surface area contributed by atoms with Crippen LogP contribution in [0.5, 0.6) is 0 Å². The van der Waals surface area contributed by atoms with Gasteiger partial charge in [0, 0.05) is 6.61 Å². The van der Waals surface area contributed by atoms with Gasteiger partial charge in [0.25, 0.3) is 10.1 Å². The summed E-state index contributed by atoms with van der Waals surface area (Å²) in [6, 6.07) is 0. The average molecular weight is 234 g/mol. The van der Waals surface area contributed by atoms with Gasteiger partial charge in [-0.05, 0) is 6.42 Å². The molecule has 0 aromatic rings. The van der Waals surface area contributed by atoms with Crippen LogP contribution in [0, 0.1) is 0 Å². The summed E-state index contributed by atoms with van der Waals surface area (Å²) < 4.78 is 31.0. The van der Waals surface area contributed by atoms with Gasteiger partial charge in [-0.1, -0.05) is 6.08 Å². The van der Waals surface area contributed by atoms with E-state index in [1.807, 2.05) is 0 Å². The third kappa shape index (κ3) is 10.6. The minimum atomic E-state index is -3.61.